The molecule has 0 fully saturated rings. The van der Waals surface area contributed by atoms with Crippen LogP contribution in [0.3, 0.4) is 0 Å². The molecule has 0 aliphatic heterocycles. The van der Waals surface area contributed by atoms with Gasteiger partial charge in [0, 0.05) is 0 Å². The first-order chi connectivity index (χ1) is 10.8. The Labute approximate surface area is 136 Å². The van der Waals surface area contributed by atoms with Crippen molar-refractivity contribution in [1.29, 1.82) is 0 Å². The fraction of sp³-hybridized carbons (Fsp3) is 0.0476. The molecule has 0 heterocycles. The van der Waals surface area contributed by atoms with Crippen LogP contribution in [0.25, 0.3) is 21.5 Å². The van der Waals surface area contributed by atoms with Crippen molar-refractivity contribution in [3.05, 3.63) is 84.4 Å². The molecule has 0 atom stereocenters. The fourth-order valence-electron chi connectivity index (χ4n) is 3.00. The maximum atomic E-state index is 2.38. The number of rotatable bonds is 2. The molecule has 0 saturated heterocycles. The molecule has 0 saturated carbocycles. The molecule has 22 heavy (non-hydrogen) atoms. The zero-order valence-corrected chi connectivity index (χ0v) is 14.1. The molecular weight excluding hydrogens is 331 g/mol. The summed E-state index contributed by atoms with van der Waals surface area (Å²) in [7, 11) is 0. The molecule has 0 aromatic heterocycles. The van der Waals surface area contributed by atoms with Crippen molar-refractivity contribution < 1.29 is 0 Å². The van der Waals surface area contributed by atoms with Crippen LogP contribution >= 0.6 is 0 Å². The summed E-state index contributed by atoms with van der Waals surface area (Å²) in [6.07, 6.45) is 0. The van der Waals surface area contributed by atoms with Gasteiger partial charge < -0.3 is 0 Å². The molecule has 0 N–H and O–H groups in total. The van der Waals surface area contributed by atoms with Crippen LogP contribution in [0.2, 0.25) is 0 Å². The Bertz CT molecular complexity index is 955. The van der Waals surface area contributed by atoms with Crippen LogP contribution in [0.4, 0.5) is 0 Å². The first kappa shape index (κ1) is 13.6. The molecule has 0 radical (unpaired) electrons. The molecule has 0 aliphatic carbocycles. The van der Waals surface area contributed by atoms with E-state index in [1.165, 1.54) is 36.0 Å². The summed E-state index contributed by atoms with van der Waals surface area (Å²) >= 11 is 0.331. The van der Waals surface area contributed by atoms with Gasteiger partial charge in [-0.2, -0.15) is 0 Å². The van der Waals surface area contributed by atoms with E-state index in [0.717, 1.165) is 0 Å². The van der Waals surface area contributed by atoms with Gasteiger partial charge in [-0.25, -0.2) is 0 Å². The van der Waals surface area contributed by atoms with Crippen LogP contribution in [0.1, 0.15) is 5.56 Å². The molecule has 4 aromatic rings. The zero-order chi connectivity index (χ0) is 14.9. The molecule has 106 valence electrons. The normalized spacial score (nSPS) is 11.1. The van der Waals surface area contributed by atoms with Gasteiger partial charge in [-0.3, -0.25) is 0 Å². The third kappa shape index (κ3) is 2.33. The van der Waals surface area contributed by atoms with E-state index >= 15 is 0 Å². The maximum absolute atomic E-state index is 2.38. The van der Waals surface area contributed by atoms with Gasteiger partial charge in [0.25, 0.3) is 0 Å². The molecule has 0 nitrogen and oxygen atoms in total. The standard InChI is InChI=1S/C21H16Se/c1-15-8-7-13-19-20(22-17-10-3-2-4-11-17)14-16-9-5-6-12-18(16)21(15)19/h2-14H,1H3. The van der Waals surface area contributed by atoms with E-state index in [0.29, 0.717) is 15.0 Å². The van der Waals surface area contributed by atoms with Crippen molar-refractivity contribution in [1.82, 2.24) is 0 Å². The molecule has 0 bridgehead atoms. The van der Waals surface area contributed by atoms with Gasteiger partial charge in [0.2, 0.25) is 0 Å². The minimum atomic E-state index is 0.331. The fourth-order valence-corrected chi connectivity index (χ4v) is 5.13. The quantitative estimate of drug-likeness (QED) is 0.380. The Morgan fingerprint density at radius 1 is 0.682 bits per heavy atom. The third-order valence-electron chi connectivity index (χ3n) is 4.03. The van der Waals surface area contributed by atoms with Crippen molar-refractivity contribution in [2.75, 3.05) is 0 Å². The van der Waals surface area contributed by atoms with Crippen LogP contribution < -0.4 is 8.92 Å². The van der Waals surface area contributed by atoms with Crippen LogP contribution in [-0.2, 0) is 0 Å². The number of aryl methyl sites for hydroxylation is 1. The average molecular weight is 347 g/mol. The first-order valence-corrected chi connectivity index (χ1v) is 9.18. The van der Waals surface area contributed by atoms with Crippen LogP contribution in [0.15, 0.2) is 78.9 Å². The minimum absolute atomic E-state index is 0.331. The van der Waals surface area contributed by atoms with Gasteiger partial charge in [0.05, 0.1) is 0 Å². The second kappa shape index (κ2) is 5.61. The van der Waals surface area contributed by atoms with Crippen molar-refractivity contribution in [2.24, 2.45) is 0 Å². The molecule has 4 rings (SSSR count). The van der Waals surface area contributed by atoms with E-state index in [1.807, 2.05) is 0 Å². The summed E-state index contributed by atoms with van der Waals surface area (Å²) in [6.45, 7) is 2.22. The Kier molecular flexibility index (Phi) is 3.46. The van der Waals surface area contributed by atoms with E-state index < -0.39 is 0 Å². The second-order valence-electron chi connectivity index (χ2n) is 5.51. The third-order valence-corrected chi connectivity index (χ3v) is 6.26. The summed E-state index contributed by atoms with van der Waals surface area (Å²) in [5.41, 5.74) is 1.36. The molecule has 0 aliphatic rings. The van der Waals surface area contributed by atoms with Gasteiger partial charge in [-0.1, -0.05) is 0 Å². The first-order valence-electron chi connectivity index (χ1n) is 7.47. The van der Waals surface area contributed by atoms with Crippen LogP contribution in [-0.4, -0.2) is 15.0 Å². The van der Waals surface area contributed by atoms with Gasteiger partial charge in [-0.15, -0.1) is 0 Å². The summed E-state index contributed by atoms with van der Waals surface area (Å²) in [6, 6.07) is 28.6. The van der Waals surface area contributed by atoms with Crippen molar-refractivity contribution >= 4 is 45.4 Å². The van der Waals surface area contributed by atoms with Gasteiger partial charge >= 0.3 is 137 Å². The summed E-state index contributed by atoms with van der Waals surface area (Å²) in [5, 5.41) is 5.52. The van der Waals surface area contributed by atoms with E-state index in [9.17, 15) is 0 Å². The Morgan fingerprint density at radius 2 is 1.41 bits per heavy atom. The number of hydrogen-bond donors (Lipinski definition) is 0. The van der Waals surface area contributed by atoms with E-state index in [4.69, 9.17) is 0 Å². The number of benzene rings is 4. The van der Waals surface area contributed by atoms with Crippen LogP contribution in [0.5, 0.6) is 0 Å². The average Bonchev–Trinajstić information content (AvgIpc) is 2.56. The van der Waals surface area contributed by atoms with E-state index in [2.05, 4.69) is 85.8 Å². The van der Waals surface area contributed by atoms with Crippen molar-refractivity contribution in [2.45, 2.75) is 6.92 Å². The van der Waals surface area contributed by atoms with E-state index in [-0.39, 0.29) is 0 Å². The second-order valence-corrected chi connectivity index (χ2v) is 7.85. The number of fused-ring (bicyclic) bond motifs is 3. The SMILES string of the molecule is Cc1cccc2c([Se]c3ccccc3)cc3ccccc3c12. The van der Waals surface area contributed by atoms with Gasteiger partial charge in [-0.05, 0) is 0 Å². The topological polar surface area (TPSA) is 0 Å². The molecular formula is C21H16Se. The number of hydrogen-bond acceptors (Lipinski definition) is 0. The van der Waals surface area contributed by atoms with Gasteiger partial charge in [0.15, 0.2) is 0 Å². The Hall–Kier alpha value is -2.08. The summed E-state index contributed by atoms with van der Waals surface area (Å²) in [5.74, 6) is 0. The van der Waals surface area contributed by atoms with Crippen molar-refractivity contribution in [3.8, 4) is 0 Å². The Balaban J connectivity index is 2.02. The van der Waals surface area contributed by atoms with Gasteiger partial charge in [0.1, 0.15) is 0 Å². The molecule has 1 heteroatoms. The molecule has 0 spiro atoms. The molecule has 4 aromatic carbocycles. The molecule has 0 amide bonds. The molecule has 0 unspecified atom stereocenters. The van der Waals surface area contributed by atoms with Crippen molar-refractivity contribution in [3.63, 3.8) is 0 Å². The Morgan fingerprint density at radius 3 is 2.27 bits per heavy atom. The summed E-state index contributed by atoms with van der Waals surface area (Å²) in [4.78, 5) is 0. The monoisotopic (exact) mass is 348 g/mol. The zero-order valence-electron chi connectivity index (χ0n) is 12.4. The predicted molar refractivity (Wildman–Crippen MR) is 97.7 cm³/mol. The summed E-state index contributed by atoms with van der Waals surface area (Å²) < 4.78 is 2.89. The van der Waals surface area contributed by atoms with Crippen LogP contribution in [0, 0.1) is 6.92 Å². The predicted octanol–water partition coefficient (Wildman–Crippen LogP) is 3.96. The van der Waals surface area contributed by atoms with E-state index in [1.54, 1.807) is 0 Å².